The summed E-state index contributed by atoms with van der Waals surface area (Å²) in [4.78, 5) is 0. The zero-order valence-electron chi connectivity index (χ0n) is 14.5. The molecule has 1 heterocycles. The standard InChI is InChI=1S/C21H27NO2/c1-3-4-20-14-23-21(24-15(20)2)19-11-9-18(10-12-19)17-7-5-16(13-22)6-8-17/h3,5-8,15,18-21H,1,4,9-12,14H2,2H3/t15-,18?,19?,20+,21+/m1/s1. The fraction of sp³-hybridized carbons (Fsp3) is 0.571. The highest BCUT2D eigenvalue weighted by Gasteiger charge is 2.35. The highest BCUT2D eigenvalue weighted by molar-refractivity contribution is 5.33. The van der Waals surface area contributed by atoms with Crippen molar-refractivity contribution in [2.45, 2.75) is 57.3 Å². The van der Waals surface area contributed by atoms with Gasteiger partial charge in [-0.15, -0.1) is 6.58 Å². The minimum atomic E-state index is -0.0389. The number of nitrogens with zero attached hydrogens (tertiary/aromatic N) is 1. The average Bonchev–Trinajstić information content (AvgIpc) is 2.64. The Morgan fingerprint density at radius 2 is 1.92 bits per heavy atom. The summed E-state index contributed by atoms with van der Waals surface area (Å²) in [6.45, 7) is 6.76. The summed E-state index contributed by atoms with van der Waals surface area (Å²) in [6, 6.07) is 10.3. The molecule has 0 amide bonds. The van der Waals surface area contributed by atoms with E-state index in [0.29, 0.717) is 17.8 Å². The SMILES string of the molecule is C=CC[C@H]1CO[C@H](C2CCC(c3ccc(C#N)cc3)CC2)O[C@@H]1C. The van der Waals surface area contributed by atoms with Crippen LogP contribution in [0.25, 0.3) is 0 Å². The molecule has 0 radical (unpaired) electrons. The van der Waals surface area contributed by atoms with E-state index in [-0.39, 0.29) is 12.4 Å². The number of nitriles is 1. The average molecular weight is 325 g/mol. The molecule has 0 bridgehead atoms. The van der Waals surface area contributed by atoms with E-state index in [9.17, 15) is 0 Å². The molecule has 1 saturated heterocycles. The molecule has 1 aromatic rings. The zero-order chi connectivity index (χ0) is 16.9. The third-order valence-corrected chi connectivity index (χ3v) is 5.62. The van der Waals surface area contributed by atoms with E-state index in [2.05, 4.69) is 31.7 Å². The Morgan fingerprint density at radius 3 is 2.50 bits per heavy atom. The Balaban J connectivity index is 1.52. The molecule has 1 aliphatic carbocycles. The van der Waals surface area contributed by atoms with Gasteiger partial charge >= 0.3 is 0 Å². The maximum atomic E-state index is 8.91. The van der Waals surface area contributed by atoms with Crippen molar-refractivity contribution in [3.05, 3.63) is 48.0 Å². The summed E-state index contributed by atoms with van der Waals surface area (Å²) < 4.78 is 12.2. The van der Waals surface area contributed by atoms with Gasteiger partial charge in [0.15, 0.2) is 6.29 Å². The molecule has 24 heavy (non-hydrogen) atoms. The Hall–Kier alpha value is -1.63. The number of hydrogen-bond donors (Lipinski definition) is 0. The summed E-state index contributed by atoms with van der Waals surface area (Å²) in [6.07, 6.45) is 7.76. The maximum Gasteiger partial charge on any atom is 0.160 e. The van der Waals surface area contributed by atoms with Gasteiger partial charge in [0, 0.05) is 11.8 Å². The quantitative estimate of drug-likeness (QED) is 0.748. The number of allylic oxidation sites excluding steroid dienone is 1. The molecule has 2 aliphatic rings. The summed E-state index contributed by atoms with van der Waals surface area (Å²) in [5, 5.41) is 8.91. The normalized spacial score (nSPS) is 33.6. The third kappa shape index (κ3) is 3.88. The van der Waals surface area contributed by atoms with E-state index in [4.69, 9.17) is 14.7 Å². The van der Waals surface area contributed by atoms with Crippen LogP contribution in [0.5, 0.6) is 0 Å². The van der Waals surface area contributed by atoms with Crippen molar-refractivity contribution >= 4 is 0 Å². The van der Waals surface area contributed by atoms with Gasteiger partial charge in [0.25, 0.3) is 0 Å². The molecule has 128 valence electrons. The van der Waals surface area contributed by atoms with Gasteiger partial charge in [-0.2, -0.15) is 5.26 Å². The lowest BCUT2D eigenvalue weighted by Crippen LogP contribution is -2.42. The molecular formula is C21H27NO2. The second-order valence-corrected chi connectivity index (χ2v) is 7.17. The van der Waals surface area contributed by atoms with Gasteiger partial charge in [0.2, 0.25) is 0 Å². The van der Waals surface area contributed by atoms with Gasteiger partial charge in [-0.25, -0.2) is 0 Å². The molecule has 3 heteroatoms. The maximum absolute atomic E-state index is 8.91. The van der Waals surface area contributed by atoms with Crippen molar-refractivity contribution in [3.8, 4) is 6.07 Å². The molecule has 0 aromatic heterocycles. The molecule has 1 aromatic carbocycles. The smallest absolute Gasteiger partial charge is 0.160 e. The first kappa shape index (κ1) is 17.2. The predicted octanol–water partition coefficient (Wildman–Crippen LogP) is 4.79. The molecule has 0 N–H and O–H groups in total. The van der Waals surface area contributed by atoms with Crippen LogP contribution in [0, 0.1) is 23.2 Å². The first-order chi connectivity index (χ1) is 11.7. The van der Waals surface area contributed by atoms with Crippen molar-refractivity contribution in [2.75, 3.05) is 6.61 Å². The van der Waals surface area contributed by atoms with Crippen LogP contribution in [0.4, 0.5) is 0 Å². The molecule has 3 rings (SSSR count). The van der Waals surface area contributed by atoms with Crippen LogP contribution >= 0.6 is 0 Å². The van der Waals surface area contributed by atoms with Gasteiger partial charge in [-0.05, 0) is 62.6 Å². The topological polar surface area (TPSA) is 42.2 Å². The Bertz CT molecular complexity index is 581. The van der Waals surface area contributed by atoms with Crippen LogP contribution in [0.15, 0.2) is 36.9 Å². The number of benzene rings is 1. The first-order valence-electron chi connectivity index (χ1n) is 9.09. The number of rotatable bonds is 4. The minimum Gasteiger partial charge on any atom is -0.352 e. The Kier molecular flexibility index (Phi) is 5.71. The van der Waals surface area contributed by atoms with Crippen molar-refractivity contribution in [3.63, 3.8) is 0 Å². The van der Waals surface area contributed by atoms with E-state index in [0.717, 1.165) is 31.4 Å². The molecule has 3 nitrogen and oxygen atoms in total. The van der Waals surface area contributed by atoms with Crippen LogP contribution in [0.1, 0.15) is 56.1 Å². The highest BCUT2D eigenvalue weighted by atomic mass is 16.7. The van der Waals surface area contributed by atoms with E-state index in [1.54, 1.807) is 0 Å². The van der Waals surface area contributed by atoms with Crippen molar-refractivity contribution in [1.82, 2.24) is 0 Å². The van der Waals surface area contributed by atoms with Gasteiger partial charge in [-0.3, -0.25) is 0 Å². The van der Waals surface area contributed by atoms with Gasteiger partial charge in [-0.1, -0.05) is 18.2 Å². The van der Waals surface area contributed by atoms with Crippen molar-refractivity contribution in [2.24, 2.45) is 11.8 Å². The van der Waals surface area contributed by atoms with Gasteiger partial charge < -0.3 is 9.47 Å². The third-order valence-electron chi connectivity index (χ3n) is 5.62. The Labute approximate surface area is 145 Å². The van der Waals surface area contributed by atoms with Crippen LogP contribution in [0.3, 0.4) is 0 Å². The van der Waals surface area contributed by atoms with Crippen LogP contribution in [-0.2, 0) is 9.47 Å². The molecule has 3 atom stereocenters. The van der Waals surface area contributed by atoms with Gasteiger partial charge in [0.1, 0.15) is 0 Å². The molecule has 0 unspecified atom stereocenters. The van der Waals surface area contributed by atoms with Crippen molar-refractivity contribution in [1.29, 1.82) is 5.26 Å². The summed E-state index contributed by atoms with van der Waals surface area (Å²) in [5.74, 6) is 1.55. The zero-order valence-corrected chi connectivity index (χ0v) is 14.5. The molecule has 1 saturated carbocycles. The number of hydrogen-bond acceptors (Lipinski definition) is 3. The second-order valence-electron chi connectivity index (χ2n) is 7.17. The Morgan fingerprint density at radius 1 is 1.21 bits per heavy atom. The lowest BCUT2D eigenvalue weighted by Gasteiger charge is -2.40. The van der Waals surface area contributed by atoms with E-state index >= 15 is 0 Å². The first-order valence-corrected chi connectivity index (χ1v) is 9.09. The summed E-state index contributed by atoms with van der Waals surface area (Å²) in [5.41, 5.74) is 2.09. The van der Waals surface area contributed by atoms with Crippen LogP contribution in [-0.4, -0.2) is 19.0 Å². The fourth-order valence-electron chi connectivity index (χ4n) is 3.99. The lowest BCUT2D eigenvalue weighted by atomic mass is 9.78. The molecule has 2 fully saturated rings. The summed E-state index contributed by atoms with van der Waals surface area (Å²) in [7, 11) is 0. The molecule has 1 aliphatic heterocycles. The largest absolute Gasteiger partial charge is 0.352 e. The van der Waals surface area contributed by atoms with E-state index < -0.39 is 0 Å². The fourth-order valence-corrected chi connectivity index (χ4v) is 3.99. The summed E-state index contributed by atoms with van der Waals surface area (Å²) >= 11 is 0. The highest BCUT2D eigenvalue weighted by Crippen LogP contribution is 2.39. The van der Waals surface area contributed by atoms with E-state index in [1.807, 2.05) is 18.2 Å². The molecule has 0 spiro atoms. The predicted molar refractivity (Wildman–Crippen MR) is 94.4 cm³/mol. The molecular weight excluding hydrogens is 298 g/mol. The minimum absolute atomic E-state index is 0.0389. The van der Waals surface area contributed by atoms with E-state index in [1.165, 1.54) is 18.4 Å². The monoisotopic (exact) mass is 325 g/mol. The van der Waals surface area contributed by atoms with Crippen LogP contribution < -0.4 is 0 Å². The number of ether oxygens (including phenoxy) is 2. The lowest BCUT2D eigenvalue weighted by molar-refractivity contribution is -0.255. The van der Waals surface area contributed by atoms with Crippen molar-refractivity contribution < 1.29 is 9.47 Å². The van der Waals surface area contributed by atoms with Gasteiger partial charge in [0.05, 0.1) is 24.3 Å². The second kappa shape index (κ2) is 7.96. The van der Waals surface area contributed by atoms with Crippen LogP contribution in [0.2, 0.25) is 0 Å².